The van der Waals surface area contributed by atoms with Gasteiger partial charge in [0.15, 0.2) is 5.69 Å². The van der Waals surface area contributed by atoms with E-state index in [0.717, 1.165) is 0 Å². The van der Waals surface area contributed by atoms with Crippen LogP contribution in [0.4, 0.5) is 5.00 Å². The standard InChI is InChI=1S/C9H10N2O2S/c1-4-9(2,3)11-7-6(8(12)13)10-5-14-7/h1,5,11H,2-3H3,(H,12,13). The summed E-state index contributed by atoms with van der Waals surface area (Å²) in [5, 5.41) is 12.2. The molecule has 14 heavy (non-hydrogen) atoms. The number of nitrogens with zero attached hydrogens (tertiary/aromatic N) is 1. The Morgan fingerprint density at radius 1 is 1.79 bits per heavy atom. The van der Waals surface area contributed by atoms with Crippen LogP contribution in [0.5, 0.6) is 0 Å². The highest BCUT2D eigenvalue weighted by atomic mass is 32.1. The lowest BCUT2D eigenvalue weighted by Crippen LogP contribution is -2.28. The van der Waals surface area contributed by atoms with E-state index in [0.29, 0.717) is 5.00 Å². The van der Waals surface area contributed by atoms with Gasteiger partial charge in [-0.05, 0) is 13.8 Å². The van der Waals surface area contributed by atoms with Crippen LogP contribution >= 0.6 is 11.3 Å². The van der Waals surface area contributed by atoms with Crippen molar-refractivity contribution in [3.05, 3.63) is 11.2 Å². The minimum absolute atomic E-state index is 0.0123. The van der Waals surface area contributed by atoms with Crippen molar-refractivity contribution < 1.29 is 9.90 Å². The Morgan fingerprint density at radius 2 is 2.43 bits per heavy atom. The number of aromatic nitrogens is 1. The highest BCUT2D eigenvalue weighted by Crippen LogP contribution is 2.23. The van der Waals surface area contributed by atoms with Crippen molar-refractivity contribution >= 4 is 22.3 Å². The Kier molecular flexibility index (Phi) is 2.77. The van der Waals surface area contributed by atoms with Gasteiger partial charge in [0, 0.05) is 0 Å². The summed E-state index contributed by atoms with van der Waals surface area (Å²) < 4.78 is 0. The molecule has 5 heteroatoms. The zero-order valence-electron chi connectivity index (χ0n) is 7.87. The third kappa shape index (κ3) is 2.24. The second-order valence-corrected chi connectivity index (χ2v) is 4.08. The zero-order valence-corrected chi connectivity index (χ0v) is 8.68. The lowest BCUT2D eigenvalue weighted by atomic mass is 10.1. The van der Waals surface area contributed by atoms with Crippen LogP contribution in [-0.2, 0) is 0 Å². The van der Waals surface area contributed by atoms with Crippen LogP contribution < -0.4 is 5.32 Å². The van der Waals surface area contributed by atoms with Gasteiger partial charge in [0.2, 0.25) is 0 Å². The number of terminal acetylenes is 1. The van der Waals surface area contributed by atoms with Gasteiger partial charge in [0.25, 0.3) is 0 Å². The van der Waals surface area contributed by atoms with Crippen molar-refractivity contribution in [1.82, 2.24) is 4.98 Å². The lowest BCUT2D eigenvalue weighted by Gasteiger charge is -2.19. The van der Waals surface area contributed by atoms with Gasteiger partial charge in [-0.1, -0.05) is 5.92 Å². The Balaban J connectivity index is 2.94. The van der Waals surface area contributed by atoms with E-state index in [1.807, 2.05) is 0 Å². The van der Waals surface area contributed by atoms with Crippen molar-refractivity contribution in [2.45, 2.75) is 19.4 Å². The van der Waals surface area contributed by atoms with Crippen molar-refractivity contribution in [2.24, 2.45) is 0 Å². The van der Waals surface area contributed by atoms with Crippen molar-refractivity contribution in [3.8, 4) is 12.3 Å². The van der Waals surface area contributed by atoms with E-state index in [1.165, 1.54) is 16.8 Å². The minimum atomic E-state index is -1.05. The second-order valence-electron chi connectivity index (χ2n) is 3.23. The van der Waals surface area contributed by atoms with Crippen molar-refractivity contribution in [1.29, 1.82) is 0 Å². The molecule has 1 aromatic heterocycles. The summed E-state index contributed by atoms with van der Waals surface area (Å²) in [5.41, 5.74) is 0.910. The number of hydrogen-bond acceptors (Lipinski definition) is 4. The molecule has 0 fully saturated rings. The molecule has 0 saturated heterocycles. The molecule has 0 spiro atoms. The monoisotopic (exact) mass is 210 g/mol. The molecule has 0 aliphatic heterocycles. The molecule has 2 N–H and O–H groups in total. The summed E-state index contributed by atoms with van der Waals surface area (Å²) in [5.74, 6) is 1.47. The van der Waals surface area contributed by atoms with E-state index in [9.17, 15) is 4.79 Å². The van der Waals surface area contributed by atoms with Crippen molar-refractivity contribution in [3.63, 3.8) is 0 Å². The molecule has 1 aromatic rings. The maximum absolute atomic E-state index is 10.7. The van der Waals surface area contributed by atoms with Gasteiger partial charge in [0.05, 0.1) is 11.0 Å². The van der Waals surface area contributed by atoms with Crippen LogP contribution in [0.15, 0.2) is 5.51 Å². The number of rotatable bonds is 3. The summed E-state index contributed by atoms with van der Waals surface area (Å²) in [6.07, 6.45) is 5.27. The predicted molar refractivity (Wildman–Crippen MR) is 55.6 cm³/mol. The van der Waals surface area contributed by atoms with Gasteiger partial charge in [-0.15, -0.1) is 17.8 Å². The molecule has 0 aliphatic carbocycles. The summed E-state index contributed by atoms with van der Waals surface area (Å²) in [6.45, 7) is 3.58. The molecule has 4 nitrogen and oxygen atoms in total. The van der Waals surface area contributed by atoms with Crippen LogP contribution in [-0.4, -0.2) is 21.6 Å². The number of carboxylic acids is 1. The number of aromatic carboxylic acids is 1. The van der Waals surface area contributed by atoms with Gasteiger partial charge >= 0.3 is 5.97 Å². The highest BCUT2D eigenvalue weighted by Gasteiger charge is 2.20. The Bertz CT molecular complexity index is 390. The van der Waals surface area contributed by atoms with E-state index in [-0.39, 0.29) is 5.69 Å². The molecular formula is C9H10N2O2S. The van der Waals surface area contributed by atoms with Gasteiger partial charge in [-0.2, -0.15) is 0 Å². The number of hydrogen-bond donors (Lipinski definition) is 2. The first-order chi connectivity index (χ1) is 6.46. The van der Waals surface area contributed by atoms with E-state index < -0.39 is 11.5 Å². The van der Waals surface area contributed by atoms with E-state index >= 15 is 0 Å². The van der Waals surface area contributed by atoms with Gasteiger partial charge < -0.3 is 10.4 Å². The fourth-order valence-corrected chi connectivity index (χ4v) is 1.64. The van der Waals surface area contributed by atoms with Crippen LogP contribution in [0.2, 0.25) is 0 Å². The Hall–Kier alpha value is -1.54. The predicted octanol–water partition coefficient (Wildman–Crippen LogP) is 1.66. The molecule has 0 radical (unpaired) electrons. The largest absolute Gasteiger partial charge is 0.476 e. The number of thiazole rings is 1. The fraction of sp³-hybridized carbons (Fsp3) is 0.333. The average Bonchev–Trinajstić information content (AvgIpc) is 2.51. The third-order valence-corrected chi connectivity index (χ3v) is 2.30. The molecule has 0 aromatic carbocycles. The molecule has 0 saturated carbocycles. The maximum atomic E-state index is 10.7. The van der Waals surface area contributed by atoms with E-state index in [4.69, 9.17) is 11.5 Å². The molecule has 0 bridgehead atoms. The van der Waals surface area contributed by atoms with Crippen LogP contribution in [0.3, 0.4) is 0 Å². The first-order valence-corrected chi connectivity index (χ1v) is 4.77. The molecule has 74 valence electrons. The minimum Gasteiger partial charge on any atom is -0.476 e. The maximum Gasteiger partial charge on any atom is 0.357 e. The molecule has 0 aliphatic rings. The first-order valence-electron chi connectivity index (χ1n) is 3.89. The Morgan fingerprint density at radius 3 is 2.93 bits per heavy atom. The average molecular weight is 210 g/mol. The van der Waals surface area contributed by atoms with Crippen LogP contribution in [0.25, 0.3) is 0 Å². The molecular weight excluding hydrogens is 200 g/mol. The molecule has 0 unspecified atom stereocenters. The quantitative estimate of drug-likeness (QED) is 0.745. The van der Waals surface area contributed by atoms with Gasteiger partial charge in [-0.3, -0.25) is 0 Å². The number of carbonyl (C=O) groups is 1. The number of anilines is 1. The lowest BCUT2D eigenvalue weighted by molar-refractivity contribution is 0.0692. The summed E-state index contributed by atoms with van der Waals surface area (Å²) in [4.78, 5) is 14.4. The highest BCUT2D eigenvalue weighted by molar-refractivity contribution is 7.14. The van der Waals surface area contributed by atoms with Crippen LogP contribution in [0, 0.1) is 12.3 Å². The summed E-state index contributed by atoms with van der Waals surface area (Å²) in [7, 11) is 0. The van der Waals surface area contributed by atoms with Crippen molar-refractivity contribution in [2.75, 3.05) is 5.32 Å². The topological polar surface area (TPSA) is 62.2 Å². The number of nitrogens with one attached hydrogen (secondary N) is 1. The fourth-order valence-electron chi connectivity index (χ4n) is 0.807. The van der Waals surface area contributed by atoms with E-state index in [2.05, 4.69) is 16.2 Å². The Labute approximate surface area is 86.0 Å². The second kappa shape index (κ2) is 3.68. The smallest absolute Gasteiger partial charge is 0.357 e. The SMILES string of the molecule is C#CC(C)(C)Nc1scnc1C(=O)O. The summed E-state index contributed by atoms with van der Waals surface area (Å²) >= 11 is 1.22. The molecule has 1 heterocycles. The van der Waals surface area contributed by atoms with Crippen LogP contribution in [0.1, 0.15) is 24.3 Å². The van der Waals surface area contributed by atoms with Gasteiger partial charge in [0.1, 0.15) is 5.00 Å². The normalized spacial score (nSPS) is 10.6. The van der Waals surface area contributed by atoms with E-state index in [1.54, 1.807) is 13.8 Å². The number of carboxylic acid groups (broad SMARTS) is 1. The first kappa shape index (κ1) is 10.5. The summed E-state index contributed by atoms with van der Waals surface area (Å²) in [6, 6.07) is 0. The zero-order chi connectivity index (χ0) is 10.8. The molecule has 0 atom stereocenters. The molecule has 1 rings (SSSR count). The van der Waals surface area contributed by atoms with Gasteiger partial charge in [-0.25, -0.2) is 9.78 Å². The molecule has 0 amide bonds. The third-order valence-electron chi connectivity index (χ3n) is 1.56.